The van der Waals surface area contributed by atoms with Crippen molar-refractivity contribution in [3.05, 3.63) is 34.3 Å². The molecule has 0 aliphatic rings. The maximum atomic E-state index is 5.87. The fraction of sp³-hybridized carbons (Fsp3) is 0.500. The summed E-state index contributed by atoms with van der Waals surface area (Å²) in [6, 6.07) is 8.34. The Balaban J connectivity index is 2.65. The van der Waals surface area contributed by atoms with Gasteiger partial charge in [0, 0.05) is 15.5 Å². The first kappa shape index (κ1) is 13.5. The Morgan fingerprint density at radius 1 is 1.40 bits per heavy atom. The van der Waals surface area contributed by atoms with Crippen LogP contribution in [0.4, 0.5) is 0 Å². The minimum absolute atomic E-state index is 0.213. The van der Waals surface area contributed by atoms with E-state index in [-0.39, 0.29) is 6.10 Å². The molecule has 3 heteroatoms. The van der Waals surface area contributed by atoms with E-state index >= 15 is 0 Å². The van der Waals surface area contributed by atoms with Crippen LogP contribution >= 0.6 is 38.5 Å². The molecule has 0 saturated heterocycles. The van der Waals surface area contributed by atoms with Gasteiger partial charge in [0.15, 0.2) is 0 Å². The molecule has 0 radical (unpaired) electrons. The van der Waals surface area contributed by atoms with E-state index in [2.05, 4.69) is 70.6 Å². The van der Waals surface area contributed by atoms with Crippen LogP contribution in [0.15, 0.2) is 28.7 Å². The standard InChI is InChI=1S/C12H16BrIO/c1-9(2)8-15-12(7-14)10-4-3-5-11(13)6-10/h3-6,9,12H,7-8H2,1-2H3. The van der Waals surface area contributed by atoms with E-state index < -0.39 is 0 Å². The van der Waals surface area contributed by atoms with Crippen LogP contribution < -0.4 is 0 Å². The van der Waals surface area contributed by atoms with E-state index in [4.69, 9.17) is 4.74 Å². The lowest BCUT2D eigenvalue weighted by Crippen LogP contribution is -2.10. The van der Waals surface area contributed by atoms with Crippen LogP contribution in [0, 0.1) is 5.92 Å². The zero-order valence-electron chi connectivity index (χ0n) is 9.04. The van der Waals surface area contributed by atoms with Crippen molar-refractivity contribution in [3.8, 4) is 0 Å². The molecule has 1 aromatic rings. The lowest BCUT2D eigenvalue weighted by Gasteiger charge is -2.17. The third-order valence-electron chi connectivity index (χ3n) is 1.99. The predicted octanol–water partition coefficient (Wildman–Crippen LogP) is 4.60. The third-order valence-corrected chi connectivity index (χ3v) is 3.28. The molecule has 1 rings (SSSR count). The van der Waals surface area contributed by atoms with Gasteiger partial charge in [0.05, 0.1) is 6.10 Å². The van der Waals surface area contributed by atoms with E-state index in [0.29, 0.717) is 5.92 Å². The van der Waals surface area contributed by atoms with Crippen molar-refractivity contribution in [1.29, 1.82) is 0 Å². The zero-order valence-corrected chi connectivity index (χ0v) is 12.8. The minimum Gasteiger partial charge on any atom is -0.372 e. The van der Waals surface area contributed by atoms with Gasteiger partial charge < -0.3 is 4.74 Å². The molecule has 84 valence electrons. The Hall–Kier alpha value is 0.390. The molecule has 0 heterocycles. The second kappa shape index (κ2) is 6.86. The number of benzene rings is 1. The average Bonchev–Trinajstić information content (AvgIpc) is 2.18. The van der Waals surface area contributed by atoms with Gasteiger partial charge in [-0.15, -0.1) is 0 Å². The highest BCUT2D eigenvalue weighted by Gasteiger charge is 2.11. The van der Waals surface area contributed by atoms with Gasteiger partial charge >= 0.3 is 0 Å². The molecule has 1 aromatic carbocycles. The molecule has 0 saturated carbocycles. The first-order chi connectivity index (χ1) is 7.13. The number of halogens is 2. The van der Waals surface area contributed by atoms with Gasteiger partial charge in [-0.2, -0.15) is 0 Å². The van der Waals surface area contributed by atoms with Crippen molar-refractivity contribution in [1.82, 2.24) is 0 Å². The van der Waals surface area contributed by atoms with E-state index in [1.54, 1.807) is 0 Å². The largest absolute Gasteiger partial charge is 0.372 e. The summed E-state index contributed by atoms with van der Waals surface area (Å²) in [5.74, 6) is 0.586. The molecule has 0 fully saturated rings. The van der Waals surface area contributed by atoms with Crippen molar-refractivity contribution in [2.45, 2.75) is 20.0 Å². The van der Waals surface area contributed by atoms with Crippen molar-refractivity contribution in [3.63, 3.8) is 0 Å². The summed E-state index contributed by atoms with van der Waals surface area (Å²) >= 11 is 5.85. The van der Waals surface area contributed by atoms with Crippen LogP contribution in [-0.4, -0.2) is 11.0 Å². The number of rotatable bonds is 5. The maximum absolute atomic E-state index is 5.87. The molecule has 0 amide bonds. The van der Waals surface area contributed by atoms with E-state index in [1.807, 2.05) is 6.07 Å². The quantitative estimate of drug-likeness (QED) is 0.534. The molecule has 0 bridgehead atoms. The van der Waals surface area contributed by atoms with E-state index in [0.717, 1.165) is 15.5 Å². The molecule has 15 heavy (non-hydrogen) atoms. The average molecular weight is 383 g/mol. The molecule has 1 atom stereocenters. The highest BCUT2D eigenvalue weighted by molar-refractivity contribution is 14.1. The smallest absolute Gasteiger partial charge is 0.0914 e. The fourth-order valence-corrected chi connectivity index (χ4v) is 2.43. The lowest BCUT2D eigenvalue weighted by molar-refractivity contribution is 0.0517. The normalized spacial score (nSPS) is 13.1. The Morgan fingerprint density at radius 2 is 2.13 bits per heavy atom. The highest BCUT2D eigenvalue weighted by atomic mass is 127. The summed E-state index contributed by atoms with van der Waals surface area (Å²) in [5.41, 5.74) is 1.25. The molecule has 0 aromatic heterocycles. The van der Waals surface area contributed by atoms with Crippen molar-refractivity contribution in [2.24, 2.45) is 5.92 Å². The van der Waals surface area contributed by atoms with Gasteiger partial charge in [0.2, 0.25) is 0 Å². The van der Waals surface area contributed by atoms with Crippen molar-refractivity contribution < 1.29 is 4.74 Å². The number of hydrogen-bond donors (Lipinski definition) is 0. The van der Waals surface area contributed by atoms with Crippen LogP contribution in [0.1, 0.15) is 25.5 Å². The molecule has 0 aliphatic heterocycles. The summed E-state index contributed by atoms with van der Waals surface area (Å²) in [4.78, 5) is 0. The summed E-state index contributed by atoms with van der Waals surface area (Å²) < 4.78 is 7.97. The molecular weight excluding hydrogens is 367 g/mol. The molecular formula is C12H16BrIO. The predicted molar refractivity (Wildman–Crippen MR) is 76.6 cm³/mol. The highest BCUT2D eigenvalue weighted by Crippen LogP contribution is 2.23. The van der Waals surface area contributed by atoms with E-state index in [9.17, 15) is 0 Å². The van der Waals surface area contributed by atoms with Crippen LogP contribution in [-0.2, 0) is 4.74 Å². The summed E-state index contributed by atoms with van der Waals surface area (Å²) in [6.45, 7) is 5.16. The minimum atomic E-state index is 0.213. The zero-order chi connectivity index (χ0) is 11.3. The first-order valence-electron chi connectivity index (χ1n) is 5.06. The Bertz CT molecular complexity index is 301. The third kappa shape index (κ3) is 4.83. The van der Waals surface area contributed by atoms with Crippen LogP contribution in [0.3, 0.4) is 0 Å². The van der Waals surface area contributed by atoms with Crippen LogP contribution in [0.25, 0.3) is 0 Å². The Morgan fingerprint density at radius 3 is 2.67 bits per heavy atom. The SMILES string of the molecule is CC(C)COC(CI)c1cccc(Br)c1. The number of ether oxygens (including phenoxy) is 1. The lowest BCUT2D eigenvalue weighted by atomic mass is 10.1. The van der Waals surface area contributed by atoms with Gasteiger partial charge in [0.1, 0.15) is 0 Å². The second-order valence-electron chi connectivity index (χ2n) is 3.93. The Kier molecular flexibility index (Phi) is 6.16. The molecule has 0 spiro atoms. The number of hydrogen-bond acceptors (Lipinski definition) is 1. The molecule has 0 N–H and O–H groups in total. The fourth-order valence-electron chi connectivity index (χ4n) is 1.25. The molecule has 1 unspecified atom stereocenters. The van der Waals surface area contributed by atoms with Crippen LogP contribution in [0.2, 0.25) is 0 Å². The monoisotopic (exact) mass is 382 g/mol. The summed E-state index contributed by atoms with van der Waals surface area (Å²) in [7, 11) is 0. The maximum Gasteiger partial charge on any atom is 0.0914 e. The van der Waals surface area contributed by atoms with Crippen molar-refractivity contribution in [2.75, 3.05) is 11.0 Å². The van der Waals surface area contributed by atoms with Gasteiger partial charge in [-0.05, 0) is 23.6 Å². The van der Waals surface area contributed by atoms with Gasteiger partial charge in [0.25, 0.3) is 0 Å². The number of alkyl halides is 1. The summed E-state index contributed by atoms with van der Waals surface area (Å²) in [6.07, 6.45) is 0.213. The Labute approximate surface area is 114 Å². The topological polar surface area (TPSA) is 9.23 Å². The second-order valence-corrected chi connectivity index (χ2v) is 5.72. The molecule has 1 nitrogen and oxygen atoms in total. The molecule has 0 aliphatic carbocycles. The summed E-state index contributed by atoms with van der Waals surface area (Å²) in [5, 5.41) is 0. The van der Waals surface area contributed by atoms with Gasteiger partial charge in [-0.1, -0.05) is 64.5 Å². The van der Waals surface area contributed by atoms with Crippen LogP contribution in [0.5, 0.6) is 0 Å². The first-order valence-corrected chi connectivity index (χ1v) is 7.38. The van der Waals surface area contributed by atoms with E-state index in [1.165, 1.54) is 5.56 Å². The van der Waals surface area contributed by atoms with Crippen molar-refractivity contribution >= 4 is 38.5 Å². The van der Waals surface area contributed by atoms with Gasteiger partial charge in [-0.3, -0.25) is 0 Å². The van der Waals surface area contributed by atoms with Gasteiger partial charge in [-0.25, -0.2) is 0 Å².